The highest BCUT2D eigenvalue weighted by Crippen LogP contribution is 2.39. The maximum atomic E-state index is 11.7. The number of carbonyl (C=O) groups excluding carboxylic acids is 1. The monoisotopic (exact) mass is 253 g/mol. The summed E-state index contributed by atoms with van der Waals surface area (Å²) in [6.45, 7) is 7.36. The molecular formula is C14H27N3O. The molecule has 1 atom stereocenters. The molecule has 1 aliphatic heterocycles. The Hall–Kier alpha value is -0.610. The molecule has 1 saturated heterocycles. The number of likely N-dealkylation sites (tertiary alicyclic amines) is 1. The largest absolute Gasteiger partial charge is 0.368 e. The first kappa shape index (κ1) is 13.8. The molecule has 1 saturated carbocycles. The first-order valence-electron chi connectivity index (χ1n) is 7.15. The van der Waals surface area contributed by atoms with Gasteiger partial charge in [0.05, 0.1) is 0 Å². The number of nitrogens with zero attached hydrogens (tertiary/aromatic N) is 1. The van der Waals surface area contributed by atoms with Crippen LogP contribution >= 0.6 is 0 Å². The molecule has 4 nitrogen and oxygen atoms in total. The fourth-order valence-corrected chi connectivity index (χ4v) is 3.01. The predicted octanol–water partition coefficient (Wildman–Crippen LogP) is 1.09. The average Bonchev–Trinajstić information content (AvgIpc) is 3.07. The topological polar surface area (TPSA) is 72.3 Å². The van der Waals surface area contributed by atoms with E-state index in [2.05, 4.69) is 18.7 Å². The van der Waals surface area contributed by atoms with Crippen molar-refractivity contribution in [2.75, 3.05) is 19.6 Å². The van der Waals surface area contributed by atoms with Gasteiger partial charge in [-0.1, -0.05) is 13.8 Å². The third-order valence-electron chi connectivity index (χ3n) is 4.68. The van der Waals surface area contributed by atoms with E-state index in [1.54, 1.807) is 0 Å². The van der Waals surface area contributed by atoms with Gasteiger partial charge in [0.2, 0.25) is 5.91 Å². The molecule has 4 heteroatoms. The highest BCUT2D eigenvalue weighted by molar-refractivity contribution is 5.85. The van der Waals surface area contributed by atoms with Gasteiger partial charge in [0.25, 0.3) is 0 Å². The highest BCUT2D eigenvalue weighted by Gasteiger charge is 2.47. The van der Waals surface area contributed by atoms with Crippen molar-refractivity contribution in [1.29, 1.82) is 0 Å². The second-order valence-corrected chi connectivity index (χ2v) is 6.97. The third-order valence-corrected chi connectivity index (χ3v) is 4.68. The number of rotatable bonds is 4. The summed E-state index contributed by atoms with van der Waals surface area (Å²) in [7, 11) is 0. The number of nitrogens with two attached hydrogens (primary N) is 2. The lowest BCUT2D eigenvalue weighted by Gasteiger charge is -2.33. The quantitative estimate of drug-likeness (QED) is 0.788. The molecule has 2 aliphatic rings. The molecule has 0 spiro atoms. The van der Waals surface area contributed by atoms with Crippen molar-refractivity contribution in [2.24, 2.45) is 22.8 Å². The van der Waals surface area contributed by atoms with Gasteiger partial charge >= 0.3 is 0 Å². The van der Waals surface area contributed by atoms with Crippen molar-refractivity contribution in [3.8, 4) is 0 Å². The summed E-state index contributed by atoms with van der Waals surface area (Å²) in [5, 5.41) is 0. The van der Waals surface area contributed by atoms with Crippen LogP contribution in [-0.2, 0) is 4.79 Å². The van der Waals surface area contributed by atoms with Gasteiger partial charge in [-0.2, -0.15) is 0 Å². The predicted molar refractivity (Wildman–Crippen MR) is 72.9 cm³/mol. The molecule has 0 aromatic rings. The minimum absolute atomic E-state index is 0.311. The highest BCUT2D eigenvalue weighted by atomic mass is 16.1. The van der Waals surface area contributed by atoms with Crippen LogP contribution in [-0.4, -0.2) is 36.0 Å². The maximum absolute atomic E-state index is 11.7. The van der Waals surface area contributed by atoms with Gasteiger partial charge in [0.1, 0.15) is 5.54 Å². The van der Waals surface area contributed by atoms with Crippen molar-refractivity contribution in [3.05, 3.63) is 0 Å². The van der Waals surface area contributed by atoms with Crippen LogP contribution in [0.3, 0.4) is 0 Å². The van der Waals surface area contributed by atoms with Crippen LogP contribution < -0.4 is 11.5 Å². The molecule has 18 heavy (non-hydrogen) atoms. The molecule has 1 unspecified atom stereocenters. The van der Waals surface area contributed by atoms with Crippen molar-refractivity contribution < 1.29 is 4.79 Å². The van der Waals surface area contributed by atoms with E-state index in [-0.39, 0.29) is 5.91 Å². The Morgan fingerprint density at radius 3 is 2.56 bits per heavy atom. The van der Waals surface area contributed by atoms with Gasteiger partial charge in [-0.3, -0.25) is 4.79 Å². The van der Waals surface area contributed by atoms with Crippen LogP contribution in [0.5, 0.6) is 0 Å². The van der Waals surface area contributed by atoms with Crippen molar-refractivity contribution in [1.82, 2.24) is 4.90 Å². The summed E-state index contributed by atoms with van der Waals surface area (Å²) in [6, 6.07) is 0. The normalized spacial score (nSPS) is 28.4. The van der Waals surface area contributed by atoms with Crippen LogP contribution in [0.2, 0.25) is 0 Å². The Kier molecular flexibility index (Phi) is 3.70. The summed E-state index contributed by atoms with van der Waals surface area (Å²) in [5.74, 6) is -0.0141. The van der Waals surface area contributed by atoms with Gasteiger partial charge < -0.3 is 16.4 Å². The summed E-state index contributed by atoms with van der Waals surface area (Å²) >= 11 is 0. The Bertz CT molecular complexity index is 325. The Morgan fingerprint density at radius 2 is 2.00 bits per heavy atom. The van der Waals surface area contributed by atoms with E-state index in [4.69, 9.17) is 11.5 Å². The smallest absolute Gasteiger partial charge is 0.239 e. The van der Waals surface area contributed by atoms with E-state index < -0.39 is 5.54 Å². The van der Waals surface area contributed by atoms with Gasteiger partial charge in [0.15, 0.2) is 0 Å². The second-order valence-electron chi connectivity index (χ2n) is 6.97. The minimum atomic E-state index is -0.797. The van der Waals surface area contributed by atoms with Crippen LogP contribution in [0.15, 0.2) is 0 Å². The summed E-state index contributed by atoms with van der Waals surface area (Å²) < 4.78 is 0. The molecule has 2 fully saturated rings. The lowest BCUT2D eigenvalue weighted by atomic mass is 9.85. The molecule has 0 aromatic heterocycles. The lowest BCUT2D eigenvalue weighted by molar-refractivity contribution is -0.124. The summed E-state index contributed by atoms with van der Waals surface area (Å²) in [6.07, 6.45) is 5.72. The fraction of sp³-hybridized carbons (Fsp3) is 0.929. The zero-order valence-corrected chi connectivity index (χ0v) is 11.7. The molecular weight excluding hydrogens is 226 g/mol. The standard InChI is InChI=1S/C14H27N3O/c1-13(2)6-3-8-17(9-7-13)10-14(16,12(15)18)11-4-5-11/h11H,3-10,16H2,1-2H3,(H2,15,18). The third kappa shape index (κ3) is 3.04. The van der Waals surface area contributed by atoms with Crippen molar-refractivity contribution >= 4 is 5.91 Å². The lowest BCUT2D eigenvalue weighted by Crippen LogP contribution is -2.60. The number of hydrogen-bond donors (Lipinski definition) is 2. The van der Waals surface area contributed by atoms with E-state index in [0.29, 0.717) is 17.9 Å². The van der Waals surface area contributed by atoms with E-state index in [1.165, 1.54) is 19.3 Å². The molecule has 1 aliphatic carbocycles. The van der Waals surface area contributed by atoms with Crippen LogP contribution in [0.1, 0.15) is 46.0 Å². The number of amides is 1. The molecule has 104 valence electrons. The Balaban J connectivity index is 1.97. The molecule has 4 N–H and O–H groups in total. The molecule has 1 heterocycles. The number of carbonyl (C=O) groups is 1. The molecule has 2 rings (SSSR count). The van der Waals surface area contributed by atoms with Crippen LogP contribution in [0.25, 0.3) is 0 Å². The maximum Gasteiger partial charge on any atom is 0.239 e. The second kappa shape index (κ2) is 4.82. The van der Waals surface area contributed by atoms with Crippen molar-refractivity contribution in [2.45, 2.75) is 51.5 Å². The molecule has 0 aromatic carbocycles. The van der Waals surface area contributed by atoms with E-state index in [9.17, 15) is 4.79 Å². The van der Waals surface area contributed by atoms with E-state index >= 15 is 0 Å². The van der Waals surface area contributed by atoms with Gasteiger partial charge in [-0.25, -0.2) is 0 Å². The van der Waals surface area contributed by atoms with Crippen LogP contribution in [0.4, 0.5) is 0 Å². The number of primary amides is 1. The number of hydrogen-bond acceptors (Lipinski definition) is 3. The van der Waals surface area contributed by atoms with Gasteiger partial charge in [-0.05, 0) is 56.5 Å². The zero-order chi connectivity index (χ0) is 13.4. The summed E-state index contributed by atoms with van der Waals surface area (Å²) in [4.78, 5) is 14.0. The zero-order valence-electron chi connectivity index (χ0n) is 11.7. The Morgan fingerprint density at radius 1 is 1.33 bits per heavy atom. The Labute approximate surface area is 110 Å². The average molecular weight is 253 g/mol. The molecule has 0 bridgehead atoms. The minimum Gasteiger partial charge on any atom is -0.368 e. The van der Waals surface area contributed by atoms with Gasteiger partial charge in [-0.15, -0.1) is 0 Å². The van der Waals surface area contributed by atoms with Crippen LogP contribution in [0, 0.1) is 11.3 Å². The molecule has 1 amide bonds. The van der Waals surface area contributed by atoms with E-state index in [0.717, 1.165) is 25.9 Å². The fourth-order valence-electron chi connectivity index (χ4n) is 3.01. The first-order valence-corrected chi connectivity index (χ1v) is 7.15. The van der Waals surface area contributed by atoms with Gasteiger partial charge in [0, 0.05) is 6.54 Å². The summed E-state index contributed by atoms with van der Waals surface area (Å²) in [5.41, 5.74) is 11.4. The SMILES string of the molecule is CC1(C)CCCN(CC(N)(C(N)=O)C2CC2)CC1. The molecule has 0 radical (unpaired) electrons. The van der Waals surface area contributed by atoms with E-state index in [1.807, 2.05) is 0 Å². The van der Waals surface area contributed by atoms with Crippen molar-refractivity contribution in [3.63, 3.8) is 0 Å². The first-order chi connectivity index (χ1) is 8.33.